The Labute approximate surface area is 128 Å². The van der Waals surface area contributed by atoms with Crippen LogP contribution in [0.2, 0.25) is 0 Å². The van der Waals surface area contributed by atoms with Crippen molar-refractivity contribution in [3.05, 3.63) is 28.8 Å². The number of nitrogens with one attached hydrogen (secondary N) is 1. The summed E-state index contributed by atoms with van der Waals surface area (Å²) in [6, 6.07) is 3.41. The van der Waals surface area contributed by atoms with E-state index in [-0.39, 0.29) is 19.0 Å². The molecule has 22 heavy (non-hydrogen) atoms. The summed E-state index contributed by atoms with van der Waals surface area (Å²) < 4.78 is 5.56. The van der Waals surface area contributed by atoms with E-state index in [0.29, 0.717) is 11.3 Å². The lowest BCUT2D eigenvalue weighted by Gasteiger charge is -2.17. The van der Waals surface area contributed by atoms with E-state index in [1.54, 1.807) is 26.0 Å². The molecule has 1 atom stereocenters. The highest BCUT2D eigenvalue weighted by Crippen LogP contribution is 2.25. The zero-order valence-corrected chi connectivity index (χ0v) is 12.5. The number of benzene rings is 1. The molecule has 0 aliphatic rings. The van der Waals surface area contributed by atoms with Crippen LogP contribution >= 0.6 is 0 Å². The van der Waals surface area contributed by atoms with Crippen molar-refractivity contribution in [3.8, 4) is 5.75 Å². The molecule has 0 aromatic heterocycles. The smallest absolute Gasteiger partial charge is 0.245 e. The molecule has 0 fully saturated rings. The number of aryl methyl sites for hydroxylation is 2. The van der Waals surface area contributed by atoms with Crippen LogP contribution in [0, 0.1) is 13.8 Å². The number of ether oxygens (including phenoxy) is 1. The number of carbonyl (C=O) groups excluding carboxylic acids is 1. The highest BCUT2D eigenvalue weighted by atomic mass is 16.5. The lowest BCUT2D eigenvalue weighted by molar-refractivity contribution is -0.124. The number of hydrogen-bond acceptors (Lipinski definition) is 6. The Bertz CT molecular complexity index is 536. The molecule has 0 radical (unpaired) electrons. The average Bonchev–Trinajstić information content (AvgIpc) is 2.50. The summed E-state index contributed by atoms with van der Waals surface area (Å²) in [5.74, 6) is 0.0288. The minimum absolute atomic E-state index is 0.00417. The van der Waals surface area contributed by atoms with Gasteiger partial charge in [-0.1, -0.05) is 5.16 Å². The predicted molar refractivity (Wildman–Crippen MR) is 80.0 cm³/mol. The zero-order valence-electron chi connectivity index (χ0n) is 12.5. The first-order valence-corrected chi connectivity index (χ1v) is 6.66. The third-order valence-corrected chi connectivity index (χ3v) is 2.96. The fraction of sp³-hybridized carbons (Fsp3) is 0.429. The topological polar surface area (TPSA) is 137 Å². The Hall–Kier alpha value is -2.32. The molecule has 1 aromatic carbocycles. The van der Waals surface area contributed by atoms with Crippen molar-refractivity contribution in [3.63, 3.8) is 0 Å². The molecule has 0 heterocycles. The number of hydrogen-bond donors (Lipinski definition) is 5. The van der Waals surface area contributed by atoms with Gasteiger partial charge >= 0.3 is 0 Å². The molecule has 0 bridgehead atoms. The third kappa shape index (κ3) is 4.90. The maximum atomic E-state index is 10.9. The largest absolute Gasteiger partial charge is 0.490 e. The summed E-state index contributed by atoms with van der Waals surface area (Å²) in [7, 11) is 0. The molecule has 0 unspecified atom stereocenters. The number of aliphatic hydroxyl groups is 2. The van der Waals surface area contributed by atoms with Crippen LogP contribution in [-0.2, 0) is 4.79 Å². The number of amides is 1. The molecule has 122 valence electrons. The summed E-state index contributed by atoms with van der Waals surface area (Å²) in [5, 5.41) is 32.3. The Balaban J connectivity index is 2.68. The number of oxime groups is 1. The molecule has 8 nitrogen and oxygen atoms in total. The second-order valence-electron chi connectivity index (χ2n) is 4.85. The number of nitrogens with zero attached hydrogens (tertiary/aromatic N) is 1. The number of rotatable bonds is 7. The Morgan fingerprint density at radius 1 is 1.41 bits per heavy atom. The minimum Gasteiger partial charge on any atom is -0.490 e. The maximum absolute atomic E-state index is 10.9. The van der Waals surface area contributed by atoms with E-state index >= 15 is 0 Å². The van der Waals surface area contributed by atoms with Gasteiger partial charge in [0.15, 0.2) is 5.84 Å². The molecule has 0 aliphatic carbocycles. The number of nitrogens with two attached hydrogens (primary N) is 1. The lowest BCUT2D eigenvalue weighted by atomic mass is 10.1. The van der Waals surface area contributed by atoms with Gasteiger partial charge in [0.1, 0.15) is 25.1 Å². The van der Waals surface area contributed by atoms with Crippen LogP contribution in [0.25, 0.3) is 0 Å². The summed E-state index contributed by atoms with van der Waals surface area (Å²) in [4.78, 5) is 10.9. The Kier molecular flexibility index (Phi) is 6.61. The van der Waals surface area contributed by atoms with Crippen molar-refractivity contribution in [1.82, 2.24) is 5.32 Å². The SMILES string of the molecule is Cc1cc(/C(N)=N/O)cc(C)c1OC[C@H](O)CNC(=O)CO. The van der Waals surface area contributed by atoms with Crippen LogP contribution in [0.4, 0.5) is 0 Å². The van der Waals surface area contributed by atoms with E-state index < -0.39 is 18.6 Å². The highest BCUT2D eigenvalue weighted by molar-refractivity contribution is 5.97. The second kappa shape index (κ2) is 8.20. The first-order valence-electron chi connectivity index (χ1n) is 6.66. The molecular weight excluding hydrogens is 290 g/mol. The molecule has 0 aliphatic heterocycles. The molecular formula is C14H21N3O5. The molecule has 0 spiro atoms. The van der Waals surface area contributed by atoms with E-state index in [0.717, 1.165) is 11.1 Å². The van der Waals surface area contributed by atoms with Crippen LogP contribution in [0.3, 0.4) is 0 Å². The van der Waals surface area contributed by atoms with Gasteiger partial charge in [0.2, 0.25) is 5.91 Å². The van der Waals surface area contributed by atoms with Gasteiger partial charge in [-0.05, 0) is 37.1 Å². The summed E-state index contributed by atoms with van der Waals surface area (Å²) in [6.07, 6.45) is -0.905. The van der Waals surface area contributed by atoms with Crippen LogP contribution in [-0.4, -0.2) is 53.0 Å². The van der Waals surface area contributed by atoms with E-state index in [4.69, 9.17) is 20.8 Å². The summed E-state index contributed by atoms with van der Waals surface area (Å²) in [5.41, 5.74) is 7.66. The maximum Gasteiger partial charge on any atom is 0.245 e. The lowest BCUT2D eigenvalue weighted by Crippen LogP contribution is -2.36. The van der Waals surface area contributed by atoms with Gasteiger partial charge in [-0.3, -0.25) is 4.79 Å². The highest BCUT2D eigenvalue weighted by Gasteiger charge is 2.12. The molecule has 1 aromatic rings. The van der Waals surface area contributed by atoms with Gasteiger partial charge < -0.3 is 31.2 Å². The first-order chi connectivity index (χ1) is 10.4. The quantitative estimate of drug-likeness (QED) is 0.194. The molecule has 0 saturated heterocycles. The van der Waals surface area contributed by atoms with Crippen molar-refractivity contribution in [1.29, 1.82) is 0 Å². The van der Waals surface area contributed by atoms with Crippen LogP contribution in [0.1, 0.15) is 16.7 Å². The predicted octanol–water partition coefficient (Wildman–Crippen LogP) is -0.754. The zero-order chi connectivity index (χ0) is 16.7. The molecule has 1 amide bonds. The number of aliphatic hydroxyl groups excluding tert-OH is 2. The van der Waals surface area contributed by atoms with E-state index in [2.05, 4.69) is 10.5 Å². The van der Waals surface area contributed by atoms with Crippen molar-refractivity contribution in [2.24, 2.45) is 10.9 Å². The van der Waals surface area contributed by atoms with Gasteiger partial charge in [0.25, 0.3) is 0 Å². The van der Waals surface area contributed by atoms with Crippen molar-refractivity contribution >= 4 is 11.7 Å². The van der Waals surface area contributed by atoms with Gasteiger partial charge in [-0.15, -0.1) is 0 Å². The molecule has 8 heteroatoms. The van der Waals surface area contributed by atoms with E-state index in [9.17, 15) is 9.90 Å². The monoisotopic (exact) mass is 311 g/mol. The fourth-order valence-electron chi connectivity index (χ4n) is 1.91. The van der Waals surface area contributed by atoms with Crippen LogP contribution in [0.15, 0.2) is 17.3 Å². The van der Waals surface area contributed by atoms with Gasteiger partial charge in [-0.25, -0.2) is 0 Å². The van der Waals surface area contributed by atoms with Crippen molar-refractivity contribution < 1.29 is 25.0 Å². The van der Waals surface area contributed by atoms with E-state index in [1.807, 2.05) is 0 Å². The van der Waals surface area contributed by atoms with Crippen molar-refractivity contribution in [2.45, 2.75) is 20.0 Å². The van der Waals surface area contributed by atoms with Crippen molar-refractivity contribution in [2.75, 3.05) is 19.8 Å². The summed E-state index contributed by atoms with van der Waals surface area (Å²) in [6.45, 7) is 2.95. The first kappa shape index (κ1) is 17.7. The van der Waals surface area contributed by atoms with Gasteiger partial charge in [0, 0.05) is 12.1 Å². The molecule has 6 N–H and O–H groups in total. The number of amidine groups is 1. The fourth-order valence-corrected chi connectivity index (χ4v) is 1.91. The van der Waals surface area contributed by atoms with Gasteiger partial charge in [-0.2, -0.15) is 0 Å². The third-order valence-electron chi connectivity index (χ3n) is 2.96. The molecule has 1 rings (SSSR count). The number of carbonyl (C=O) groups is 1. The van der Waals surface area contributed by atoms with Crippen LogP contribution < -0.4 is 15.8 Å². The molecule has 0 saturated carbocycles. The van der Waals surface area contributed by atoms with Crippen LogP contribution in [0.5, 0.6) is 5.75 Å². The van der Waals surface area contributed by atoms with Gasteiger partial charge in [0.05, 0.1) is 0 Å². The average molecular weight is 311 g/mol. The Morgan fingerprint density at radius 2 is 2.00 bits per heavy atom. The normalized spacial score (nSPS) is 12.8. The standard InChI is InChI=1S/C14H21N3O5/c1-8-3-10(14(15)17-21)4-9(2)13(8)22-7-11(19)5-16-12(20)6-18/h3-4,11,18-19,21H,5-7H2,1-2H3,(H2,15,17)(H,16,20)/t11-/m1/s1. The minimum atomic E-state index is -0.905. The Morgan fingerprint density at radius 3 is 2.50 bits per heavy atom. The second-order valence-corrected chi connectivity index (χ2v) is 4.85. The van der Waals surface area contributed by atoms with E-state index in [1.165, 1.54) is 0 Å². The summed E-state index contributed by atoms with van der Waals surface area (Å²) >= 11 is 0.